The normalized spacial score (nSPS) is 12.6. The average Bonchev–Trinajstić information content (AvgIpc) is 2.79. The Labute approximate surface area is 108 Å². The van der Waals surface area contributed by atoms with Crippen LogP contribution in [0.1, 0.15) is 23.5 Å². The number of halogens is 1. The van der Waals surface area contributed by atoms with Crippen LogP contribution in [0.15, 0.2) is 40.3 Å². The lowest BCUT2D eigenvalue weighted by molar-refractivity contribution is 0.575. The van der Waals surface area contributed by atoms with Crippen LogP contribution in [0.25, 0.3) is 0 Å². The Hall–Kier alpha value is -0.710. The van der Waals surface area contributed by atoms with Crippen molar-refractivity contribution in [2.75, 3.05) is 0 Å². The Morgan fingerprint density at radius 2 is 2.25 bits per heavy atom. The third-order valence-electron chi connectivity index (χ3n) is 2.33. The van der Waals surface area contributed by atoms with Gasteiger partial charge in [-0.25, -0.2) is 4.98 Å². The molecule has 0 saturated heterocycles. The van der Waals surface area contributed by atoms with Gasteiger partial charge in [0, 0.05) is 17.5 Å². The van der Waals surface area contributed by atoms with Crippen molar-refractivity contribution in [1.29, 1.82) is 0 Å². The monoisotopic (exact) mass is 296 g/mol. The van der Waals surface area contributed by atoms with Gasteiger partial charge in [0.25, 0.3) is 0 Å². The molecule has 1 atom stereocenters. The Balaban J connectivity index is 1.92. The number of nitrogens with one attached hydrogen (secondary N) is 1. The summed E-state index contributed by atoms with van der Waals surface area (Å²) in [6, 6.07) is 10.6. The number of nitrogens with zero attached hydrogens (tertiary/aromatic N) is 1. The number of pyridine rings is 1. The zero-order valence-electron chi connectivity index (χ0n) is 8.98. The maximum Gasteiger partial charge on any atom is 0.106 e. The van der Waals surface area contributed by atoms with Crippen LogP contribution in [0, 0.1) is 0 Å². The van der Waals surface area contributed by atoms with Gasteiger partial charge in [0.1, 0.15) is 4.60 Å². The highest BCUT2D eigenvalue weighted by atomic mass is 79.9. The molecular weight excluding hydrogens is 284 g/mol. The third-order valence-corrected chi connectivity index (χ3v) is 3.83. The summed E-state index contributed by atoms with van der Waals surface area (Å²) in [7, 11) is 0. The second kappa shape index (κ2) is 5.57. The molecule has 2 aromatic rings. The smallest absolute Gasteiger partial charge is 0.106 e. The summed E-state index contributed by atoms with van der Waals surface area (Å²) in [6.07, 6.45) is 0. The van der Waals surface area contributed by atoms with Gasteiger partial charge in [-0.05, 0) is 46.4 Å². The van der Waals surface area contributed by atoms with E-state index in [2.05, 4.69) is 50.7 Å². The lowest BCUT2D eigenvalue weighted by atomic mass is 10.2. The van der Waals surface area contributed by atoms with Gasteiger partial charge in [-0.3, -0.25) is 0 Å². The first-order chi connectivity index (χ1) is 7.75. The number of hydrogen-bond acceptors (Lipinski definition) is 3. The van der Waals surface area contributed by atoms with Crippen LogP contribution in [0.4, 0.5) is 0 Å². The first kappa shape index (κ1) is 11.8. The fourth-order valence-electron chi connectivity index (χ4n) is 1.44. The highest BCUT2D eigenvalue weighted by Gasteiger charge is 2.05. The van der Waals surface area contributed by atoms with Gasteiger partial charge in [0.05, 0.1) is 5.69 Å². The van der Waals surface area contributed by atoms with Crippen LogP contribution >= 0.6 is 27.3 Å². The van der Waals surface area contributed by atoms with Crippen molar-refractivity contribution in [3.8, 4) is 0 Å². The molecule has 0 spiro atoms. The lowest BCUT2D eigenvalue weighted by Crippen LogP contribution is -2.17. The van der Waals surface area contributed by atoms with E-state index in [4.69, 9.17) is 0 Å². The van der Waals surface area contributed by atoms with Crippen LogP contribution < -0.4 is 5.32 Å². The van der Waals surface area contributed by atoms with Crippen molar-refractivity contribution in [2.24, 2.45) is 0 Å². The molecule has 1 N–H and O–H groups in total. The Bertz CT molecular complexity index is 442. The largest absolute Gasteiger partial charge is 0.304 e. The van der Waals surface area contributed by atoms with Gasteiger partial charge in [0.2, 0.25) is 0 Å². The molecule has 2 heterocycles. The summed E-state index contributed by atoms with van der Waals surface area (Å²) in [4.78, 5) is 5.74. The number of rotatable bonds is 4. The lowest BCUT2D eigenvalue weighted by Gasteiger charge is -2.11. The van der Waals surface area contributed by atoms with Crippen LogP contribution in [-0.4, -0.2) is 4.98 Å². The molecule has 0 aliphatic carbocycles. The maximum absolute atomic E-state index is 4.38. The SMILES string of the molecule is C[C@@H](NCc1cccc(Br)n1)c1cccs1. The number of thiophene rings is 1. The van der Waals surface area contributed by atoms with Crippen LogP contribution in [-0.2, 0) is 6.54 Å². The average molecular weight is 297 g/mol. The van der Waals surface area contributed by atoms with Crippen molar-refractivity contribution in [3.05, 3.63) is 50.9 Å². The molecule has 0 bridgehead atoms. The first-order valence-corrected chi connectivity index (χ1v) is 6.81. The van der Waals surface area contributed by atoms with Crippen molar-refractivity contribution in [1.82, 2.24) is 10.3 Å². The van der Waals surface area contributed by atoms with Crippen molar-refractivity contribution in [2.45, 2.75) is 19.5 Å². The summed E-state index contributed by atoms with van der Waals surface area (Å²) in [5.74, 6) is 0. The van der Waals surface area contributed by atoms with Gasteiger partial charge in [0.15, 0.2) is 0 Å². The minimum Gasteiger partial charge on any atom is -0.304 e. The molecule has 0 radical (unpaired) electrons. The van der Waals surface area contributed by atoms with E-state index in [0.717, 1.165) is 16.8 Å². The van der Waals surface area contributed by atoms with Gasteiger partial charge < -0.3 is 5.32 Å². The molecule has 0 aromatic carbocycles. The van der Waals surface area contributed by atoms with Crippen molar-refractivity contribution < 1.29 is 0 Å². The predicted molar refractivity (Wildman–Crippen MR) is 71.5 cm³/mol. The number of hydrogen-bond donors (Lipinski definition) is 1. The van der Waals surface area contributed by atoms with Gasteiger partial charge in [-0.1, -0.05) is 12.1 Å². The highest BCUT2D eigenvalue weighted by molar-refractivity contribution is 9.10. The third kappa shape index (κ3) is 3.14. The van der Waals surface area contributed by atoms with Gasteiger partial charge in [-0.2, -0.15) is 0 Å². The molecule has 0 aliphatic rings. The number of aromatic nitrogens is 1. The second-order valence-corrected chi connectivity index (χ2v) is 5.36. The van der Waals surface area contributed by atoms with Crippen LogP contribution in [0.3, 0.4) is 0 Å². The Morgan fingerprint density at radius 3 is 2.94 bits per heavy atom. The summed E-state index contributed by atoms with van der Waals surface area (Å²) in [5.41, 5.74) is 1.05. The van der Waals surface area contributed by atoms with E-state index in [9.17, 15) is 0 Å². The molecule has 84 valence electrons. The molecule has 2 nitrogen and oxygen atoms in total. The van der Waals surface area contributed by atoms with E-state index >= 15 is 0 Å². The molecule has 2 aromatic heterocycles. The zero-order chi connectivity index (χ0) is 11.4. The fraction of sp³-hybridized carbons (Fsp3) is 0.250. The molecule has 0 saturated carbocycles. The van der Waals surface area contributed by atoms with E-state index in [1.165, 1.54) is 4.88 Å². The molecule has 16 heavy (non-hydrogen) atoms. The van der Waals surface area contributed by atoms with Crippen LogP contribution in [0.2, 0.25) is 0 Å². The fourth-order valence-corrected chi connectivity index (χ4v) is 2.58. The molecule has 0 unspecified atom stereocenters. The Morgan fingerprint density at radius 1 is 1.38 bits per heavy atom. The maximum atomic E-state index is 4.38. The van der Waals surface area contributed by atoms with Crippen molar-refractivity contribution in [3.63, 3.8) is 0 Å². The van der Waals surface area contributed by atoms with E-state index in [1.54, 1.807) is 11.3 Å². The second-order valence-electron chi connectivity index (χ2n) is 3.57. The molecular formula is C12H13BrN2S. The standard InChI is InChI=1S/C12H13BrN2S/c1-9(11-5-3-7-16-11)14-8-10-4-2-6-12(13)15-10/h2-7,9,14H,8H2,1H3/t9-/m1/s1. The molecule has 0 aliphatic heterocycles. The molecule has 2 rings (SSSR count). The first-order valence-electron chi connectivity index (χ1n) is 5.14. The summed E-state index contributed by atoms with van der Waals surface area (Å²) in [6.45, 7) is 2.96. The Kier molecular flexibility index (Phi) is 4.09. The van der Waals surface area contributed by atoms with Gasteiger partial charge >= 0.3 is 0 Å². The van der Waals surface area contributed by atoms with E-state index in [-0.39, 0.29) is 0 Å². The van der Waals surface area contributed by atoms with E-state index < -0.39 is 0 Å². The van der Waals surface area contributed by atoms with Crippen molar-refractivity contribution >= 4 is 27.3 Å². The molecule has 4 heteroatoms. The quantitative estimate of drug-likeness (QED) is 0.869. The summed E-state index contributed by atoms with van der Waals surface area (Å²) in [5, 5.41) is 5.56. The van der Waals surface area contributed by atoms with E-state index in [0.29, 0.717) is 6.04 Å². The summed E-state index contributed by atoms with van der Waals surface area (Å²) >= 11 is 5.15. The topological polar surface area (TPSA) is 24.9 Å². The zero-order valence-corrected chi connectivity index (χ0v) is 11.4. The van der Waals surface area contributed by atoms with Crippen LogP contribution in [0.5, 0.6) is 0 Å². The molecule has 0 amide bonds. The van der Waals surface area contributed by atoms with Gasteiger partial charge in [-0.15, -0.1) is 11.3 Å². The summed E-state index contributed by atoms with van der Waals surface area (Å²) < 4.78 is 0.885. The highest BCUT2D eigenvalue weighted by Crippen LogP contribution is 2.18. The minimum atomic E-state index is 0.376. The minimum absolute atomic E-state index is 0.376. The van der Waals surface area contributed by atoms with E-state index in [1.807, 2.05) is 18.2 Å². The predicted octanol–water partition coefficient (Wildman–Crippen LogP) is 3.76. The molecule has 0 fully saturated rings.